The van der Waals surface area contributed by atoms with Gasteiger partial charge in [-0.3, -0.25) is 0 Å². The SMILES string of the molecule is c1cc2c3c(c1)C1CNCCC1CN3CC2. The first-order chi connectivity index (χ1) is 7.93. The van der Waals surface area contributed by atoms with Crippen LogP contribution in [0.1, 0.15) is 23.5 Å². The molecule has 16 heavy (non-hydrogen) atoms. The van der Waals surface area contributed by atoms with Gasteiger partial charge in [0, 0.05) is 31.2 Å². The van der Waals surface area contributed by atoms with E-state index in [0.29, 0.717) is 0 Å². The molecule has 0 aromatic heterocycles. The molecular formula is C14H18N2. The molecular weight excluding hydrogens is 196 g/mol. The highest BCUT2D eigenvalue weighted by molar-refractivity contribution is 5.66. The van der Waals surface area contributed by atoms with E-state index in [-0.39, 0.29) is 0 Å². The summed E-state index contributed by atoms with van der Waals surface area (Å²) in [5, 5.41) is 3.56. The van der Waals surface area contributed by atoms with Crippen molar-refractivity contribution in [2.24, 2.45) is 5.92 Å². The van der Waals surface area contributed by atoms with Crippen LogP contribution in [0.15, 0.2) is 18.2 Å². The summed E-state index contributed by atoms with van der Waals surface area (Å²) in [5.41, 5.74) is 4.80. The summed E-state index contributed by atoms with van der Waals surface area (Å²) in [5.74, 6) is 1.67. The van der Waals surface area contributed by atoms with E-state index in [1.54, 1.807) is 16.8 Å². The zero-order valence-corrected chi connectivity index (χ0v) is 9.58. The molecule has 84 valence electrons. The van der Waals surface area contributed by atoms with Crippen LogP contribution in [-0.4, -0.2) is 26.2 Å². The minimum absolute atomic E-state index is 0.776. The second kappa shape index (κ2) is 3.24. The molecule has 2 atom stereocenters. The topological polar surface area (TPSA) is 15.3 Å². The Morgan fingerprint density at radius 3 is 3.31 bits per heavy atom. The maximum atomic E-state index is 3.56. The van der Waals surface area contributed by atoms with E-state index in [2.05, 4.69) is 28.4 Å². The molecule has 2 heteroatoms. The van der Waals surface area contributed by atoms with Crippen molar-refractivity contribution in [2.75, 3.05) is 31.1 Å². The summed E-state index contributed by atoms with van der Waals surface area (Å²) in [6.07, 6.45) is 2.61. The highest BCUT2D eigenvalue weighted by atomic mass is 15.2. The highest BCUT2D eigenvalue weighted by Crippen LogP contribution is 2.45. The van der Waals surface area contributed by atoms with Gasteiger partial charge in [0.1, 0.15) is 0 Å². The van der Waals surface area contributed by atoms with Crippen molar-refractivity contribution in [1.29, 1.82) is 0 Å². The normalized spacial score (nSPS) is 31.1. The van der Waals surface area contributed by atoms with E-state index >= 15 is 0 Å². The Morgan fingerprint density at radius 1 is 1.31 bits per heavy atom. The van der Waals surface area contributed by atoms with E-state index in [4.69, 9.17) is 0 Å². The number of fused-ring (bicyclic) bond motifs is 2. The van der Waals surface area contributed by atoms with Crippen molar-refractivity contribution >= 4 is 5.69 Å². The Balaban J connectivity index is 1.86. The van der Waals surface area contributed by atoms with Gasteiger partial charge in [-0.25, -0.2) is 0 Å². The number of piperidine rings is 1. The average Bonchev–Trinajstić information content (AvgIpc) is 2.75. The van der Waals surface area contributed by atoms with Crippen molar-refractivity contribution < 1.29 is 0 Å². The van der Waals surface area contributed by atoms with Crippen molar-refractivity contribution in [1.82, 2.24) is 5.32 Å². The predicted molar refractivity (Wildman–Crippen MR) is 66.1 cm³/mol. The third-order valence-electron chi connectivity index (χ3n) is 4.60. The van der Waals surface area contributed by atoms with Crippen LogP contribution in [0.2, 0.25) is 0 Å². The van der Waals surface area contributed by atoms with E-state index in [0.717, 1.165) is 11.8 Å². The molecule has 0 bridgehead atoms. The van der Waals surface area contributed by atoms with Crippen LogP contribution >= 0.6 is 0 Å². The Labute approximate surface area is 96.6 Å². The minimum Gasteiger partial charge on any atom is -0.370 e. The molecule has 1 aromatic carbocycles. The molecule has 3 aliphatic heterocycles. The standard InChI is InChI=1S/C14H18N2/c1-2-10-5-7-16-9-11-4-6-15-8-13(11)12(3-1)14(10)16/h1-3,11,13,15H,4-9H2. The van der Waals surface area contributed by atoms with E-state index < -0.39 is 0 Å². The van der Waals surface area contributed by atoms with Gasteiger partial charge < -0.3 is 10.2 Å². The Morgan fingerprint density at radius 2 is 2.31 bits per heavy atom. The lowest BCUT2D eigenvalue weighted by Crippen LogP contribution is -2.44. The zero-order chi connectivity index (χ0) is 10.5. The lowest BCUT2D eigenvalue weighted by Gasteiger charge is -2.42. The first kappa shape index (κ1) is 9.06. The molecule has 1 N–H and O–H groups in total. The number of anilines is 1. The van der Waals surface area contributed by atoms with Crippen molar-refractivity contribution in [2.45, 2.75) is 18.8 Å². The molecule has 0 spiro atoms. The third kappa shape index (κ3) is 1.11. The van der Waals surface area contributed by atoms with E-state index in [1.165, 1.54) is 39.0 Å². The van der Waals surface area contributed by atoms with Gasteiger partial charge in [0.2, 0.25) is 0 Å². The van der Waals surface area contributed by atoms with Crippen LogP contribution in [0.5, 0.6) is 0 Å². The first-order valence-corrected chi connectivity index (χ1v) is 6.51. The number of para-hydroxylation sites is 1. The van der Waals surface area contributed by atoms with Gasteiger partial charge in [0.25, 0.3) is 0 Å². The Kier molecular flexibility index (Phi) is 1.83. The third-order valence-corrected chi connectivity index (χ3v) is 4.60. The van der Waals surface area contributed by atoms with Gasteiger partial charge in [-0.1, -0.05) is 18.2 Å². The summed E-state index contributed by atoms with van der Waals surface area (Å²) in [6, 6.07) is 6.94. The van der Waals surface area contributed by atoms with Crippen molar-refractivity contribution in [3.8, 4) is 0 Å². The lowest BCUT2D eigenvalue weighted by molar-refractivity contribution is 0.315. The summed E-state index contributed by atoms with van der Waals surface area (Å²) < 4.78 is 0. The molecule has 1 fully saturated rings. The summed E-state index contributed by atoms with van der Waals surface area (Å²) in [6.45, 7) is 4.96. The number of hydrogen-bond donors (Lipinski definition) is 1. The number of nitrogens with zero attached hydrogens (tertiary/aromatic N) is 1. The van der Waals surface area contributed by atoms with Crippen LogP contribution in [0.25, 0.3) is 0 Å². The number of benzene rings is 1. The molecule has 3 heterocycles. The van der Waals surface area contributed by atoms with Gasteiger partial charge in [-0.15, -0.1) is 0 Å². The van der Waals surface area contributed by atoms with Gasteiger partial charge in [0.15, 0.2) is 0 Å². The van der Waals surface area contributed by atoms with Crippen molar-refractivity contribution in [3.05, 3.63) is 29.3 Å². The summed E-state index contributed by atoms with van der Waals surface area (Å²) >= 11 is 0. The number of hydrogen-bond acceptors (Lipinski definition) is 2. The number of rotatable bonds is 0. The van der Waals surface area contributed by atoms with E-state index in [9.17, 15) is 0 Å². The second-order valence-electron chi connectivity index (χ2n) is 5.41. The fraction of sp³-hybridized carbons (Fsp3) is 0.571. The largest absolute Gasteiger partial charge is 0.370 e. The highest BCUT2D eigenvalue weighted by Gasteiger charge is 2.37. The first-order valence-electron chi connectivity index (χ1n) is 6.51. The molecule has 0 saturated carbocycles. The van der Waals surface area contributed by atoms with Gasteiger partial charge in [0.05, 0.1) is 0 Å². The van der Waals surface area contributed by atoms with Crippen LogP contribution < -0.4 is 10.2 Å². The van der Waals surface area contributed by atoms with Crippen LogP contribution in [0, 0.1) is 5.92 Å². The molecule has 2 nitrogen and oxygen atoms in total. The molecule has 3 aliphatic rings. The molecule has 1 saturated heterocycles. The summed E-state index contributed by atoms with van der Waals surface area (Å²) in [7, 11) is 0. The Hall–Kier alpha value is -1.02. The Bertz CT molecular complexity index is 427. The maximum absolute atomic E-state index is 3.56. The number of nitrogens with one attached hydrogen (secondary N) is 1. The van der Waals surface area contributed by atoms with Gasteiger partial charge in [-0.05, 0) is 36.4 Å². The maximum Gasteiger partial charge on any atom is 0.0435 e. The van der Waals surface area contributed by atoms with Gasteiger partial charge >= 0.3 is 0 Å². The zero-order valence-electron chi connectivity index (χ0n) is 9.58. The smallest absolute Gasteiger partial charge is 0.0435 e. The van der Waals surface area contributed by atoms with Crippen molar-refractivity contribution in [3.63, 3.8) is 0 Å². The summed E-state index contributed by atoms with van der Waals surface area (Å²) in [4.78, 5) is 2.64. The quantitative estimate of drug-likeness (QED) is 0.708. The van der Waals surface area contributed by atoms with Crippen LogP contribution in [0.3, 0.4) is 0 Å². The average molecular weight is 214 g/mol. The molecule has 1 aromatic rings. The van der Waals surface area contributed by atoms with Gasteiger partial charge in [-0.2, -0.15) is 0 Å². The second-order valence-corrected chi connectivity index (χ2v) is 5.41. The molecule has 0 aliphatic carbocycles. The van der Waals surface area contributed by atoms with E-state index in [1.807, 2.05) is 0 Å². The fourth-order valence-corrected chi connectivity index (χ4v) is 3.83. The molecule has 0 radical (unpaired) electrons. The molecule has 0 amide bonds. The monoisotopic (exact) mass is 214 g/mol. The van der Waals surface area contributed by atoms with Crippen LogP contribution in [0.4, 0.5) is 5.69 Å². The predicted octanol–water partition coefficient (Wildman–Crippen LogP) is 1.76. The molecule has 4 rings (SSSR count). The van der Waals surface area contributed by atoms with Crippen LogP contribution in [-0.2, 0) is 6.42 Å². The minimum atomic E-state index is 0.776. The molecule has 2 unspecified atom stereocenters. The fourth-order valence-electron chi connectivity index (χ4n) is 3.83. The lowest BCUT2D eigenvalue weighted by atomic mass is 9.77.